The summed E-state index contributed by atoms with van der Waals surface area (Å²) >= 11 is 0. The minimum absolute atomic E-state index is 0.0264. The first-order valence-corrected chi connectivity index (χ1v) is 7.05. The Balaban J connectivity index is 2.13. The Hall–Kier alpha value is -2.05. The molecule has 0 atom stereocenters. The van der Waals surface area contributed by atoms with Crippen molar-refractivity contribution in [3.8, 4) is 0 Å². The fraction of sp³-hybridized carbons (Fsp3) is 0.467. The van der Waals surface area contributed by atoms with Crippen molar-refractivity contribution in [1.29, 1.82) is 0 Å². The zero-order valence-corrected chi connectivity index (χ0v) is 12.1. The molecule has 0 N–H and O–H groups in total. The maximum absolute atomic E-state index is 13.7. The Kier molecular flexibility index (Phi) is 5.05. The average Bonchev–Trinajstić information content (AvgIpc) is 3.30. The van der Waals surface area contributed by atoms with Gasteiger partial charge in [-0.25, -0.2) is 13.2 Å². The fourth-order valence-electron chi connectivity index (χ4n) is 2.13. The smallest absolute Gasteiger partial charge is 0.307 e. The van der Waals surface area contributed by atoms with Gasteiger partial charge in [0, 0.05) is 12.6 Å². The van der Waals surface area contributed by atoms with E-state index in [0.717, 1.165) is 18.9 Å². The number of hydrogen-bond donors (Lipinski definition) is 0. The van der Waals surface area contributed by atoms with E-state index >= 15 is 0 Å². The van der Waals surface area contributed by atoms with Crippen molar-refractivity contribution in [1.82, 2.24) is 4.90 Å². The molecule has 2 rings (SSSR count). The van der Waals surface area contributed by atoms with Crippen LogP contribution in [0.4, 0.5) is 13.2 Å². The van der Waals surface area contributed by atoms with Gasteiger partial charge in [-0.3, -0.25) is 9.59 Å². The van der Waals surface area contributed by atoms with E-state index in [-0.39, 0.29) is 25.6 Å². The van der Waals surface area contributed by atoms with Gasteiger partial charge >= 0.3 is 5.97 Å². The minimum Gasteiger partial charge on any atom is -0.466 e. The first-order chi connectivity index (χ1) is 10.5. The van der Waals surface area contributed by atoms with E-state index in [0.29, 0.717) is 6.07 Å². The summed E-state index contributed by atoms with van der Waals surface area (Å²) in [7, 11) is 0. The molecule has 0 heterocycles. The van der Waals surface area contributed by atoms with Gasteiger partial charge < -0.3 is 9.64 Å². The number of hydrogen-bond acceptors (Lipinski definition) is 3. The molecule has 0 bridgehead atoms. The summed E-state index contributed by atoms with van der Waals surface area (Å²) in [4.78, 5) is 25.0. The summed E-state index contributed by atoms with van der Waals surface area (Å²) in [6.07, 6.45) is 1.45. The molecule has 120 valence electrons. The third-order valence-corrected chi connectivity index (χ3v) is 3.38. The van der Waals surface area contributed by atoms with Crippen LogP contribution in [0.25, 0.3) is 0 Å². The predicted octanol–water partition coefficient (Wildman–Crippen LogP) is 2.66. The van der Waals surface area contributed by atoms with E-state index in [1.54, 1.807) is 6.92 Å². The lowest BCUT2D eigenvalue weighted by Crippen LogP contribution is -2.36. The second-order valence-electron chi connectivity index (χ2n) is 5.01. The molecule has 1 aliphatic rings. The van der Waals surface area contributed by atoms with Crippen molar-refractivity contribution in [2.75, 3.05) is 13.2 Å². The average molecular weight is 315 g/mol. The fourth-order valence-corrected chi connectivity index (χ4v) is 2.13. The van der Waals surface area contributed by atoms with Gasteiger partial charge in [0.05, 0.1) is 18.6 Å². The van der Waals surface area contributed by atoms with Crippen LogP contribution in [0, 0.1) is 17.5 Å². The standard InChI is InChI=1S/C15H16F3NO3/c1-2-22-12(20)7-8-19(9-3-4-9)15(21)10-5-6-11(16)14(18)13(10)17/h5-6,9H,2-4,7-8H2,1H3. The molecule has 1 aliphatic carbocycles. The number of ether oxygens (including phenoxy) is 1. The quantitative estimate of drug-likeness (QED) is 0.599. The third-order valence-electron chi connectivity index (χ3n) is 3.38. The third kappa shape index (κ3) is 3.58. The van der Waals surface area contributed by atoms with Crippen LogP contribution in [-0.2, 0) is 9.53 Å². The largest absolute Gasteiger partial charge is 0.466 e. The van der Waals surface area contributed by atoms with Gasteiger partial charge in [0.15, 0.2) is 17.5 Å². The Bertz CT molecular complexity index is 588. The van der Waals surface area contributed by atoms with Gasteiger partial charge in [-0.05, 0) is 31.9 Å². The summed E-state index contributed by atoms with van der Waals surface area (Å²) in [6.45, 7) is 1.95. The highest BCUT2D eigenvalue weighted by atomic mass is 19.2. The van der Waals surface area contributed by atoms with Crippen LogP contribution >= 0.6 is 0 Å². The van der Waals surface area contributed by atoms with Crippen LogP contribution in [0.5, 0.6) is 0 Å². The first kappa shape index (κ1) is 16.3. The Labute approximate surface area is 125 Å². The number of esters is 1. The van der Waals surface area contributed by atoms with Crippen LogP contribution in [-0.4, -0.2) is 36.0 Å². The number of benzene rings is 1. The topological polar surface area (TPSA) is 46.6 Å². The van der Waals surface area contributed by atoms with Crippen LogP contribution in [0.1, 0.15) is 36.5 Å². The van der Waals surface area contributed by atoms with Crippen molar-refractivity contribution in [3.05, 3.63) is 35.1 Å². The van der Waals surface area contributed by atoms with Crippen LogP contribution < -0.4 is 0 Å². The molecule has 4 nitrogen and oxygen atoms in total. The summed E-state index contributed by atoms with van der Waals surface area (Å²) in [5.41, 5.74) is -0.533. The number of carbonyl (C=O) groups is 2. The molecule has 1 saturated carbocycles. The number of rotatable bonds is 6. The molecule has 1 amide bonds. The highest BCUT2D eigenvalue weighted by Crippen LogP contribution is 2.29. The van der Waals surface area contributed by atoms with E-state index in [1.807, 2.05) is 0 Å². The highest BCUT2D eigenvalue weighted by molar-refractivity contribution is 5.95. The highest BCUT2D eigenvalue weighted by Gasteiger charge is 2.35. The normalized spacial score (nSPS) is 13.8. The van der Waals surface area contributed by atoms with Gasteiger partial charge in [-0.2, -0.15) is 0 Å². The molecule has 0 aromatic heterocycles. The molecule has 0 aliphatic heterocycles. The lowest BCUT2D eigenvalue weighted by Gasteiger charge is -2.22. The zero-order chi connectivity index (χ0) is 16.3. The van der Waals surface area contributed by atoms with Gasteiger partial charge in [-0.15, -0.1) is 0 Å². The molecule has 7 heteroatoms. The van der Waals surface area contributed by atoms with E-state index in [1.165, 1.54) is 4.90 Å². The molecule has 0 spiro atoms. The molecule has 1 aromatic rings. The van der Waals surface area contributed by atoms with Crippen LogP contribution in [0.2, 0.25) is 0 Å². The van der Waals surface area contributed by atoms with E-state index in [9.17, 15) is 22.8 Å². The number of halogens is 3. The molecule has 1 fully saturated rings. The second kappa shape index (κ2) is 6.81. The Morgan fingerprint density at radius 3 is 2.50 bits per heavy atom. The molecular weight excluding hydrogens is 299 g/mol. The SMILES string of the molecule is CCOC(=O)CCN(C(=O)c1ccc(F)c(F)c1F)C1CC1. The molecular formula is C15H16F3NO3. The minimum atomic E-state index is -1.67. The maximum atomic E-state index is 13.7. The van der Waals surface area contributed by atoms with Crippen molar-refractivity contribution in [3.63, 3.8) is 0 Å². The van der Waals surface area contributed by atoms with E-state index in [4.69, 9.17) is 4.74 Å². The maximum Gasteiger partial charge on any atom is 0.307 e. The molecule has 1 aromatic carbocycles. The Morgan fingerprint density at radius 2 is 1.91 bits per heavy atom. The number of carbonyl (C=O) groups excluding carboxylic acids is 2. The van der Waals surface area contributed by atoms with Crippen molar-refractivity contribution < 1.29 is 27.5 Å². The molecule has 22 heavy (non-hydrogen) atoms. The summed E-state index contributed by atoms with van der Waals surface area (Å²) < 4.78 is 44.7. The number of nitrogens with zero attached hydrogens (tertiary/aromatic N) is 1. The molecule has 0 saturated heterocycles. The Morgan fingerprint density at radius 1 is 1.23 bits per heavy atom. The van der Waals surface area contributed by atoms with Crippen molar-refractivity contribution in [2.24, 2.45) is 0 Å². The van der Waals surface area contributed by atoms with E-state index < -0.39 is 34.9 Å². The first-order valence-electron chi connectivity index (χ1n) is 7.05. The monoisotopic (exact) mass is 315 g/mol. The number of amides is 1. The molecule has 0 unspecified atom stereocenters. The van der Waals surface area contributed by atoms with Gasteiger partial charge in [0.1, 0.15) is 0 Å². The van der Waals surface area contributed by atoms with Gasteiger partial charge in [0.25, 0.3) is 5.91 Å². The van der Waals surface area contributed by atoms with Crippen molar-refractivity contribution >= 4 is 11.9 Å². The predicted molar refractivity (Wildman–Crippen MR) is 71.6 cm³/mol. The van der Waals surface area contributed by atoms with Crippen molar-refractivity contribution in [2.45, 2.75) is 32.2 Å². The van der Waals surface area contributed by atoms with Gasteiger partial charge in [-0.1, -0.05) is 0 Å². The lowest BCUT2D eigenvalue weighted by molar-refractivity contribution is -0.143. The van der Waals surface area contributed by atoms with E-state index in [2.05, 4.69) is 0 Å². The van der Waals surface area contributed by atoms with Gasteiger partial charge in [0.2, 0.25) is 0 Å². The second-order valence-corrected chi connectivity index (χ2v) is 5.01. The summed E-state index contributed by atoms with van der Waals surface area (Å²) in [5, 5.41) is 0. The molecule has 0 radical (unpaired) electrons. The van der Waals surface area contributed by atoms with Crippen LogP contribution in [0.15, 0.2) is 12.1 Å². The summed E-state index contributed by atoms with van der Waals surface area (Å²) in [6, 6.07) is 1.52. The summed E-state index contributed by atoms with van der Waals surface area (Å²) in [5.74, 6) is -5.74. The van der Waals surface area contributed by atoms with Crippen LogP contribution in [0.3, 0.4) is 0 Å². The zero-order valence-electron chi connectivity index (χ0n) is 12.1. The lowest BCUT2D eigenvalue weighted by atomic mass is 10.1.